The fraction of sp³-hybridized carbons (Fsp3) is 0.158. The van der Waals surface area contributed by atoms with Crippen LogP contribution in [-0.4, -0.2) is 10.9 Å². The highest BCUT2D eigenvalue weighted by atomic mass is 32.1. The van der Waals surface area contributed by atoms with Crippen LogP contribution in [0.3, 0.4) is 0 Å². The minimum absolute atomic E-state index is 0.0797. The zero-order valence-electron chi connectivity index (χ0n) is 13.7. The van der Waals surface area contributed by atoms with Crippen molar-refractivity contribution in [1.29, 1.82) is 0 Å². The van der Waals surface area contributed by atoms with Crippen LogP contribution in [0.1, 0.15) is 19.4 Å². The molecule has 0 spiro atoms. The molecule has 2 aromatic carbocycles. The molecule has 4 nitrogen and oxygen atoms in total. The molecule has 122 valence electrons. The molecule has 1 amide bonds. The molecule has 0 saturated carbocycles. The number of carbonyl (C=O) groups excluding carboxylic acids is 1. The van der Waals surface area contributed by atoms with E-state index in [-0.39, 0.29) is 5.91 Å². The number of nitrogens with one attached hydrogen (secondary N) is 2. The van der Waals surface area contributed by atoms with Crippen molar-refractivity contribution >= 4 is 33.8 Å². The van der Waals surface area contributed by atoms with Crippen LogP contribution < -0.4 is 10.6 Å². The highest BCUT2D eigenvalue weighted by molar-refractivity contribution is 7.14. The van der Waals surface area contributed by atoms with Gasteiger partial charge >= 0.3 is 0 Å². The maximum Gasteiger partial charge on any atom is 0.221 e. The number of carbonyl (C=O) groups is 1. The average Bonchev–Trinajstić information content (AvgIpc) is 3.03. The van der Waals surface area contributed by atoms with Crippen molar-refractivity contribution in [3.05, 3.63) is 59.5 Å². The number of aryl methyl sites for hydroxylation is 1. The zero-order valence-corrected chi connectivity index (χ0v) is 14.5. The topological polar surface area (TPSA) is 54.0 Å². The van der Waals surface area contributed by atoms with Crippen molar-refractivity contribution in [1.82, 2.24) is 4.98 Å². The number of hydrogen-bond donors (Lipinski definition) is 2. The van der Waals surface area contributed by atoms with E-state index in [4.69, 9.17) is 0 Å². The van der Waals surface area contributed by atoms with Gasteiger partial charge in [-0.3, -0.25) is 4.79 Å². The molecule has 24 heavy (non-hydrogen) atoms. The normalized spacial score (nSPS) is 10.4. The fourth-order valence-corrected chi connectivity index (χ4v) is 3.22. The number of anilines is 3. The first-order valence-corrected chi connectivity index (χ1v) is 8.72. The predicted octanol–water partition coefficient (Wildman–Crippen LogP) is 5.07. The summed E-state index contributed by atoms with van der Waals surface area (Å²) >= 11 is 1.57. The summed E-state index contributed by atoms with van der Waals surface area (Å²) in [5, 5.41) is 9.07. The van der Waals surface area contributed by atoms with Crippen LogP contribution in [0.2, 0.25) is 0 Å². The number of hydrogen-bond acceptors (Lipinski definition) is 4. The number of benzene rings is 2. The van der Waals surface area contributed by atoms with Gasteiger partial charge in [-0.05, 0) is 30.2 Å². The summed E-state index contributed by atoms with van der Waals surface area (Å²) in [5.74, 6) is -0.0797. The van der Waals surface area contributed by atoms with Gasteiger partial charge in [0.25, 0.3) is 0 Å². The third kappa shape index (κ3) is 3.81. The Morgan fingerprint density at radius 3 is 2.79 bits per heavy atom. The summed E-state index contributed by atoms with van der Waals surface area (Å²) in [7, 11) is 0. The molecule has 3 aromatic rings. The molecule has 0 atom stereocenters. The van der Waals surface area contributed by atoms with Crippen molar-refractivity contribution in [3.8, 4) is 11.3 Å². The van der Waals surface area contributed by atoms with Crippen LogP contribution >= 0.6 is 11.3 Å². The minimum atomic E-state index is -0.0797. The van der Waals surface area contributed by atoms with Gasteiger partial charge in [0, 0.05) is 29.2 Å². The Hall–Kier alpha value is -2.66. The van der Waals surface area contributed by atoms with Gasteiger partial charge in [0.1, 0.15) is 0 Å². The van der Waals surface area contributed by atoms with Crippen LogP contribution in [0.15, 0.2) is 53.9 Å². The molecular formula is C19H19N3OS. The standard InChI is InChI=1S/C19H19N3OS/c1-3-14-7-4-5-10-17(14)21-19-22-18(12-24-19)15-8-6-9-16(11-15)20-13(2)23/h4-12H,3H2,1-2H3,(H,20,23)(H,21,22). The Morgan fingerprint density at radius 2 is 2.00 bits per heavy atom. The van der Waals surface area contributed by atoms with E-state index in [2.05, 4.69) is 34.7 Å². The van der Waals surface area contributed by atoms with Crippen molar-refractivity contribution in [2.75, 3.05) is 10.6 Å². The summed E-state index contributed by atoms with van der Waals surface area (Å²) in [5.41, 5.74) is 5.01. The number of amides is 1. The Bertz CT molecular complexity index is 857. The highest BCUT2D eigenvalue weighted by Crippen LogP contribution is 2.29. The number of nitrogens with zero attached hydrogens (tertiary/aromatic N) is 1. The SMILES string of the molecule is CCc1ccccc1Nc1nc(-c2cccc(NC(C)=O)c2)cs1. The van der Waals surface area contributed by atoms with Crippen LogP contribution in [0.5, 0.6) is 0 Å². The molecule has 0 radical (unpaired) electrons. The largest absolute Gasteiger partial charge is 0.331 e. The molecule has 0 aliphatic rings. The summed E-state index contributed by atoms with van der Waals surface area (Å²) < 4.78 is 0. The van der Waals surface area contributed by atoms with E-state index < -0.39 is 0 Å². The van der Waals surface area contributed by atoms with Gasteiger partial charge in [0.2, 0.25) is 5.91 Å². The number of para-hydroxylation sites is 1. The molecule has 0 unspecified atom stereocenters. The van der Waals surface area contributed by atoms with Gasteiger partial charge in [0.05, 0.1) is 5.69 Å². The predicted molar refractivity (Wildman–Crippen MR) is 101 cm³/mol. The molecule has 5 heteroatoms. The lowest BCUT2D eigenvalue weighted by atomic mass is 10.1. The quantitative estimate of drug-likeness (QED) is 0.683. The van der Waals surface area contributed by atoms with Crippen molar-refractivity contribution in [2.45, 2.75) is 20.3 Å². The van der Waals surface area contributed by atoms with Gasteiger partial charge in [-0.25, -0.2) is 4.98 Å². The molecular weight excluding hydrogens is 318 g/mol. The summed E-state index contributed by atoms with van der Waals surface area (Å²) in [6, 6.07) is 16.0. The van der Waals surface area contributed by atoms with E-state index in [0.29, 0.717) is 0 Å². The first kappa shape index (κ1) is 16.2. The van der Waals surface area contributed by atoms with Gasteiger partial charge < -0.3 is 10.6 Å². The second-order valence-corrected chi connectivity index (χ2v) is 6.29. The number of rotatable bonds is 5. The zero-order chi connectivity index (χ0) is 16.9. The molecule has 1 heterocycles. The van der Waals surface area contributed by atoms with E-state index in [1.54, 1.807) is 11.3 Å². The summed E-state index contributed by atoms with van der Waals surface area (Å²) in [4.78, 5) is 15.9. The lowest BCUT2D eigenvalue weighted by Crippen LogP contribution is -2.05. The van der Waals surface area contributed by atoms with Gasteiger partial charge in [0.15, 0.2) is 5.13 Å². The van der Waals surface area contributed by atoms with E-state index in [9.17, 15) is 4.79 Å². The van der Waals surface area contributed by atoms with Crippen molar-refractivity contribution in [2.24, 2.45) is 0 Å². The van der Waals surface area contributed by atoms with Crippen molar-refractivity contribution in [3.63, 3.8) is 0 Å². The average molecular weight is 337 g/mol. The molecule has 0 saturated heterocycles. The van der Waals surface area contributed by atoms with Gasteiger partial charge in [-0.2, -0.15) is 0 Å². The summed E-state index contributed by atoms with van der Waals surface area (Å²) in [6.45, 7) is 3.64. The van der Waals surface area contributed by atoms with Crippen LogP contribution in [0.25, 0.3) is 11.3 Å². The Balaban J connectivity index is 1.82. The lowest BCUT2D eigenvalue weighted by Gasteiger charge is -2.07. The Kier molecular flexibility index (Phi) is 4.91. The van der Waals surface area contributed by atoms with E-state index in [1.807, 2.05) is 41.8 Å². The van der Waals surface area contributed by atoms with Crippen molar-refractivity contribution < 1.29 is 4.79 Å². The van der Waals surface area contributed by atoms with E-state index in [0.717, 1.165) is 34.2 Å². The third-order valence-corrected chi connectivity index (χ3v) is 4.38. The summed E-state index contributed by atoms with van der Waals surface area (Å²) in [6.07, 6.45) is 0.972. The number of thiazole rings is 1. The minimum Gasteiger partial charge on any atom is -0.331 e. The van der Waals surface area contributed by atoms with Crippen LogP contribution in [0, 0.1) is 0 Å². The lowest BCUT2D eigenvalue weighted by molar-refractivity contribution is -0.114. The van der Waals surface area contributed by atoms with Crippen LogP contribution in [-0.2, 0) is 11.2 Å². The third-order valence-electron chi connectivity index (χ3n) is 3.62. The first-order chi connectivity index (χ1) is 11.7. The second kappa shape index (κ2) is 7.27. The van der Waals surface area contributed by atoms with E-state index >= 15 is 0 Å². The monoisotopic (exact) mass is 337 g/mol. The Morgan fingerprint density at radius 1 is 1.17 bits per heavy atom. The molecule has 0 aliphatic heterocycles. The number of aromatic nitrogens is 1. The maximum atomic E-state index is 11.2. The smallest absolute Gasteiger partial charge is 0.221 e. The highest BCUT2D eigenvalue weighted by Gasteiger charge is 2.07. The van der Waals surface area contributed by atoms with Crippen LogP contribution in [0.4, 0.5) is 16.5 Å². The first-order valence-electron chi connectivity index (χ1n) is 7.84. The second-order valence-electron chi connectivity index (χ2n) is 5.44. The Labute approximate surface area is 145 Å². The van der Waals surface area contributed by atoms with E-state index in [1.165, 1.54) is 12.5 Å². The fourth-order valence-electron chi connectivity index (χ4n) is 2.49. The molecule has 1 aromatic heterocycles. The molecule has 3 rings (SSSR count). The molecule has 0 aliphatic carbocycles. The van der Waals surface area contributed by atoms with Gasteiger partial charge in [-0.1, -0.05) is 37.3 Å². The molecule has 0 bridgehead atoms. The maximum absolute atomic E-state index is 11.2. The molecule has 2 N–H and O–H groups in total. The molecule has 0 fully saturated rings. The van der Waals surface area contributed by atoms with Gasteiger partial charge in [-0.15, -0.1) is 11.3 Å².